The number of esters is 1. The maximum atomic E-state index is 12.7. The highest BCUT2D eigenvalue weighted by molar-refractivity contribution is 8.18. The lowest BCUT2D eigenvalue weighted by Gasteiger charge is -2.07. The van der Waals surface area contributed by atoms with E-state index in [1.165, 1.54) is 35.9 Å². The molecule has 8 nitrogen and oxygen atoms in total. The number of ether oxygens (including phenoxy) is 1. The van der Waals surface area contributed by atoms with Gasteiger partial charge in [-0.2, -0.15) is 0 Å². The highest BCUT2D eigenvalue weighted by Gasteiger charge is 2.30. The Kier molecular flexibility index (Phi) is 6.58. The topological polar surface area (TPSA) is 109 Å². The van der Waals surface area contributed by atoms with Crippen molar-refractivity contribution in [2.75, 3.05) is 14.2 Å². The molecule has 1 fully saturated rings. The first-order valence-corrected chi connectivity index (χ1v) is 11.0. The van der Waals surface area contributed by atoms with Gasteiger partial charge >= 0.3 is 11.9 Å². The van der Waals surface area contributed by atoms with Gasteiger partial charge in [0.25, 0.3) is 5.91 Å². The van der Waals surface area contributed by atoms with Gasteiger partial charge in [0.1, 0.15) is 11.5 Å². The number of halogens is 1. The summed E-state index contributed by atoms with van der Waals surface area (Å²) in [5.74, 6) is -0.956. The number of rotatable bonds is 5. The number of nitrogens with zero attached hydrogens (tertiary/aromatic N) is 2. The summed E-state index contributed by atoms with van der Waals surface area (Å²) in [6, 6.07) is 14.5. The van der Waals surface area contributed by atoms with Gasteiger partial charge in [0, 0.05) is 18.7 Å². The van der Waals surface area contributed by atoms with Crippen molar-refractivity contribution in [2.24, 2.45) is 4.99 Å². The van der Waals surface area contributed by atoms with E-state index < -0.39 is 11.9 Å². The zero-order valence-electron chi connectivity index (χ0n) is 17.9. The van der Waals surface area contributed by atoms with Crippen molar-refractivity contribution in [2.45, 2.75) is 0 Å². The van der Waals surface area contributed by atoms with Crippen LogP contribution in [-0.2, 0) is 9.53 Å². The van der Waals surface area contributed by atoms with Crippen LogP contribution in [0.4, 0.5) is 5.69 Å². The molecule has 0 bridgehead atoms. The van der Waals surface area contributed by atoms with Gasteiger partial charge in [-0.1, -0.05) is 11.6 Å². The molecule has 1 aliphatic rings. The summed E-state index contributed by atoms with van der Waals surface area (Å²) in [5, 5.41) is 9.87. The van der Waals surface area contributed by atoms with Crippen LogP contribution < -0.4 is 0 Å². The zero-order chi connectivity index (χ0) is 24.4. The number of hydrogen-bond acceptors (Lipinski definition) is 7. The molecule has 1 saturated heterocycles. The Hall–Kier alpha value is -3.82. The van der Waals surface area contributed by atoms with E-state index in [9.17, 15) is 19.5 Å². The number of carbonyl (C=O) groups is 3. The van der Waals surface area contributed by atoms with Gasteiger partial charge in [-0.05, 0) is 66.4 Å². The number of carboxylic acids is 1. The van der Waals surface area contributed by atoms with Crippen molar-refractivity contribution in [1.29, 1.82) is 0 Å². The first-order chi connectivity index (χ1) is 16.3. The molecule has 1 amide bonds. The molecule has 1 aromatic heterocycles. The van der Waals surface area contributed by atoms with E-state index in [1.54, 1.807) is 55.6 Å². The third kappa shape index (κ3) is 4.75. The molecule has 4 rings (SSSR count). The molecule has 0 unspecified atom stereocenters. The van der Waals surface area contributed by atoms with Crippen molar-refractivity contribution in [3.63, 3.8) is 0 Å². The Morgan fingerprint density at radius 1 is 1.15 bits per heavy atom. The zero-order valence-corrected chi connectivity index (χ0v) is 19.5. The molecule has 2 aromatic carbocycles. The number of carbonyl (C=O) groups excluding carboxylic acids is 2. The Morgan fingerprint density at radius 2 is 1.88 bits per heavy atom. The molecule has 0 aliphatic carbocycles. The van der Waals surface area contributed by atoms with Crippen LogP contribution in [0, 0.1) is 0 Å². The second-order valence-corrected chi connectivity index (χ2v) is 8.53. The Morgan fingerprint density at radius 3 is 2.56 bits per heavy atom. The summed E-state index contributed by atoms with van der Waals surface area (Å²) in [6.45, 7) is 0. The average Bonchev–Trinajstić information content (AvgIpc) is 3.40. The van der Waals surface area contributed by atoms with E-state index in [4.69, 9.17) is 16.0 Å². The molecule has 172 valence electrons. The number of amidine groups is 1. The van der Waals surface area contributed by atoms with Gasteiger partial charge in [0.2, 0.25) is 0 Å². The predicted octanol–water partition coefficient (Wildman–Crippen LogP) is 5.32. The summed E-state index contributed by atoms with van der Waals surface area (Å²) in [4.78, 5) is 41.9. The van der Waals surface area contributed by atoms with Crippen LogP contribution in [0.1, 0.15) is 26.5 Å². The minimum Gasteiger partial charge on any atom is -0.478 e. The maximum Gasteiger partial charge on any atom is 0.337 e. The number of carboxylic acid groups (broad SMARTS) is 1. The van der Waals surface area contributed by atoms with Crippen LogP contribution >= 0.6 is 23.4 Å². The third-order valence-electron chi connectivity index (χ3n) is 4.90. The van der Waals surface area contributed by atoms with Crippen molar-refractivity contribution in [3.05, 3.63) is 81.4 Å². The molecule has 3 aromatic rings. The molecular weight excluding hydrogens is 480 g/mol. The van der Waals surface area contributed by atoms with E-state index in [0.29, 0.717) is 38.4 Å². The van der Waals surface area contributed by atoms with Crippen LogP contribution in [0.2, 0.25) is 5.02 Å². The highest BCUT2D eigenvalue weighted by Crippen LogP contribution is 2.34. The molecule has 0 radical (unpaired) electrons. The van der Waals surface area contributed by atoms with Crippen molar-refractivity contribution in [3.8, 4) is 11.3 Å². The predicted molar refractivity (Wildman–Crippen MR) is 129 cm³/mol. The molecule has 2 heterocycles. The number of thioether (sulfide) groups is 1. The van der Waals surface area contributed by atoms with Gasteiger partial charge in [0.15, 0.2) is 5.17 Å². The van der Waals surface area contributed by atoms with E-state index in [-0.39, 0.29) is 16.5 Å². The fourth-order valence-corrected chi connectivity index (χ4v) is 4.27. The lowest BCUT2D eigenvalue weighted by Crippen LogP contribution is -2.23. The summed E-state index contributed by atoms with van der Waals surface area (Å²) in [5.41, 5.74) is 1.50. The van der Waals surface area contributed by atoms with E-state index >= 15 is 0 Å². The fraction of sp³-hybridized carbons (Fsp3) is 0.0833. The molecule has 10 heteroatoms. The van der Waals surface area contributed by atoms with Gasteiger partial charge in [-0.15, -0.1) is 0 Å². The monoisotopic (exact) mass is 496 g/mol. The number of likely N-dealkylation sites (N-methyl/N-ethyl adjacent to an activating group) is 1. The van der Waals surface area contributed by atoms with Crippen LogP contribution in [0.25, 0.3) is 17.4 Å². The van der Waals surface area contributed by atoms with Crippen LogP contribution in [0.3, 0.4) is 0 Å². The summed E-state index contributed by atoms with van der Waals surface area (Å²) >= 11 is 7.11. The molecule has 0 saturated carbocycles. The van der Waals surface area contributed by atoms with Gasteiger partial charge in [-0.25, -0.2) is 14.6 Å². The molecule has 1 N–H and O–H groups in total. The van der Waals surface area contributed by atoms with Gasteiger partial charge < -0.3 is 14.3 Å². The molecule has 0 atom stereocenters. The Balaban J connectivity index is 1.56. The second-order valence-electron chi connectivity index (χ2n) is 7.11. The first-order valence-electron chi connectivity index (χ1n) is 9.84. The minimum atomic E-state index is -1.14. The number of aliphatic imine (C=N–C) groups is 1. The SMILES string of the molecule is COC(=O)c1ccc(N=C2S/C(=C\c3ccc(-c4ccc(Cl)c(C(=O)O)c4)o3)C(=O)N2C)cc1. The summed E-state index contributed by atoms with van der Waals surface area (Å²) in [7, 11) is 2.93. The standard InChI is InChI=1S/C24H17ClN2O6S/c1-27-21(28)20(34-24(27)26-15-6-3-13(4-7-15)23(31)32-2)12-16-8-10-19(33-16)14-5-9-18(25)17(11-14)22(29)30/h3-12H,1-2H3,(H,29,30)/b20-12-,26-24?. The maximum absolute atomic E-state index is 12.7. The number of aromatic carboxylic acids is 1. The molecule has 0 spiro atoms. The van der Waals surface area contributed by atoms with Crippen molar-refractivity contribution >= 4 is 58.1 Å². The number of hydrogen-bond donors (Lipinski definition) is 1. The molecule has 1 aliphatic heterocycles. The normalized spacial score (nSPS) is 15.9. The fourth-order valence-electron chi connectivity index (χ4n) is 3.11. The summed E-state index contributed by atoms with van der Waals surface area (Å²) < 4.78 is 10.5. The van der Waals surface area contributed by atoms with E-state index in [1.807, 2.05) is 0 Å². The minimum absolute atomic E-state index is 0.0286. The quantitative estimate of drug-likeness (QED) is 0.376. The lowest BCUT2D eigenvalue weighted by molar-refractivity contribution is -0.121. The first kappa shape index (κ1) is 23.3. The number of furan rings is 1. The van der Waals surface area contributed by atoms with Crippen LogP contribution in [-0.4, -0.2) is 47.2 Å². The van der Waals surface area contributed by atoms with E-state index in [2.05, 4.69) is 9.73 Å². The largest absolute Gasteiger partial charge is 0.478 e. The highest BCUT2D eigenvalue weighted by atomic mass is 35.5. The lowest BCUT2D eigenvalue weighted by atomic mass is 10.1. The van der Waals surface area contributed by atoms with Crippen LogP contribution in [0.15, 0.2) is 68.9 Å². The summed E-state index contributed by atoms with van der Waals surface area (Å²) in [6.07, 6.45) is 1.60. The number of benzene rings is 2. The van der Waals surface area contributed by atoms with E-state index in [0.717, 1.165) is 0 Å². The van der Waals surface area contributed by atoms with Crippen molar-refractivity contribution < 1.29 is 28.6 Å². The average molecular weight is 497 g/mol. The van der Waals surface area contributed by atoms with Crippen LogP contribution in [0.5, 0.6) is 0 Å². The third-order valence-corrected chi connectivity index (χ3v) is 6.29. The Bertz CT molecular complexity index is 1360. The second kappa shape index (κ2) is 9.58. The smallest absolute Gasteiger partial charge is 0.337 e. The van der Waals surface area contributed by atoms with Crippen molar-refractivity contribution in [1.82, 2.24) is 4.90 Å². The molecular formula is C24H17ClN2O6S. The van der Waals surface area contributed by atoms with Gasteiger partial charge in [-0.3, -0.25) is 9.69 Å². The van der Waals surface area contributed by atoms with Gasteiger partial charge in [0.05, 0.1) is 33.9 Å². The number of methoxy groups -OCH3 is 1. The number of amides is 1. The molecule has 34 heavy (non-hydrogen) atoms. The Labute approximate surface area is 203 Å².